The number of carbonyl (C=O) groups excluding carboxylic acids is 1. The molecule has 0 aromatic heterocycles. The molecule has 0 aromatic rings. The number of methoxy groups -OCH3 is 2. The summed E-state index contributed by atoms with van der Waals surface area (Å²) in [6.45, 7) is 4.93. The van der Waals surface area contributed by atoms with Crippen molar-refractivity contribution >= 4 is 5.91 Å². The minimum atomic E-state index is -0.130. The lowest BCUT2D eigenvalue weighted by molar-refractivity contribution is -0.122. The standard InChI is InChI=1S/C13H28N2O3/c1-12(13(16)15-9-7-11-18-3)14-8-5-4-6-10-17-2/h12,14H,4-11H2,1-3H3,(H,15,16). The van der Waals surface area contributed by atoms with Gasteiger partial charge >= 0.3 is 0 Å². The second-order valence-corrected chi connectivity index (χ2v) is 4.37. The first kappa shape index (κ1) is 17.4. The molecule has 0 saturated heterocycles. The number of hydrogen-bond acceptors (Lipinski definition) is 4. The Morgan fingerprint density at radius 1 is 1.00 bits per heavy atom. The molecule has 0 spiro atoms. The first-order valence-corrected chi connectivity index (χ1v) is 6.71. The van der Waals surface area contributed by atoms with Gasteiger partial charge < -0.3 is 20.1 Å². The summed E-state index contributed by atoms with van der Waals surface area (Å²) in [7, 11) is 3.38. The van der Waals surface area contributed by atoms with E-state index in [0.29, 0.717) is 13.2 Å². The quantitative estimate of drug-likeness (QED) is 0.513. The summed E-state index contributed by atoms with van der Waals surface area (Å²) in [5.74, 6) is 0.0583. The first-order valence-electron chi connectivity index (χ1n) is 6.71. The summed E-state index contributed by atoms with van der Waals surface area (Å²) < 4.78 is 9.90. The molecule has 0 fully saturated rings. The van der Waals surface area contributed by atoms with Crippen LogP contribution in [0.25, 0.3) is 0 Å². The van der Waals surface area contributed by atoms with Crippen molar-refractivity contribution in [2.24, 2.45) is 0 Å². The van der Waals surface area contributed by atoms with Crippen LogP contribution in [0.15, 0.2) is 0 Å². The molecule has 1 unspecified atom stereocenters. The summed E-state index contributed by atoms with van der Waals surface area (Å²) in [5.41, 5.74) is 0. The van der Waals surface area contributed by atoms with E-state index in [0.717, 1.165) is 38.8 Å². The van der Waals surface area contributed by atoms with Crippen LogP contribution >= 0.6 is 0 Å². The predicted molar refractivity (Wildman–Crippen MR) is 72.7 cm³/mol. The fourth-order valence-electron chi connectivity index (χ4n) is 1.54. The van der Waals surface area contributed by atoms with Crippen molar-refractivity contribution in [2.45, 2.75) is 38.6 Å². The zero-order chi connectivity index (χ0) is 13.6. The van der Waals surface area contributed by atoms with Crippen LogP contribution in [-0.2, 0) is 14.3 Å². The molecule has 2 N–H and O–H groups in total. The lowest BCUT2D eigenvalue weighted by atomic mass is 10.2. The number of hydrogen-bond donors (Lipinski definition) is 2. The number of amides is 1. The van der Waals surface area contributed by atoms with Crippen molar-refractivity contribution in [1.82, 2.24) is 10.6 Å². The Morgan fingerprint density at radius 2 is 1.67 bits per heavy atom. The van der Waals surface area contributed by atoms with Crippen LogP contribution in [0, 0.1) is 0 Å². The van der Waals surface area contributed by atoms with Gasteiger partial charge in [0.15, 0.2) is 0 Å². The molecule has 0 aromatic carbocycles. The maximum atomic E-state index is 11.6. The van der Waals surface area contributed by atoms with Gasteiger partial charge in [-0.05, 0) is 39.2 Å². The van der Waals surface area contributed by atoms with Crippen LogP contribution in [0.2, 0.25) is 0 Å². The normalized spacial score (nSPS) is 12.4. The number of rotatable bonds is 12. The fraction of sp³-hybridized carbons (Fsp3) is 0.923. The van der Waals surface area contributed by atoms with Gasteiger partial charge in [-0.15, -0.1) is 0 Å². The lowest BCUT2D eigenvalue weighted by Gasteiger charge is -2.13. The summed E-state index contributed by atoms with van der Waals surface area (Å²) in [5, 5.41) is 6.09. The molecule has 0 aliphatic heterocycles. The highest BCUT2D eigenvalue weighted by Gasteiger charge is 2.10. The van der Waals surface area contributed by atoms with E-state index in [1.165, 1.54) is 0 Å². The van der Waals surface area contributed by atoms with Crippen molar-refractivity contribution in [3.05, 3.63) is 0 Å². The van der Waals surface area contributed by atoms with Gasteiger partial charge in [0.25, 0.3) is 0 Å². The Morgan fingerprint density at radius 3 is 2.33 bits per heavy atom. The zero-order valence-electron chi connectivity index (χ0n) is 12.0. The van der Waals surface area contributed by atoms with Gasteiger partial charge in [0.05, 0.1) is 6.04 Å². The third kappa shape index (κ3) is 10.5. The van der Waals surface area contributed by atoms with Crippen LogP contribution in [0.5, 0.6) is 0 Å². The van der Waals surface area contributed by atoms with Gasteiger partial charge in [0, 0.05) is 34.0 Å². The van der Waals surface area contributed by atoms with Crippen LogP contribution in [0.1, 0.15) is 32.6 Å². The molecule has 0 rings (SSSR count). The maximum Gasteiger partial charge on any atom is 0.236 e. The Balaban J connectivity index is 3.38. The fourth-order valence-corrected chi connectivity index (χ4v) is 1.54. The molecule has 1 atom stereocenters. The minimum Gasteiger partial charge on any atom is -0.385 e. The molecule has 0 aliphatic carbocycles. The molecule has 0 radical (unpaired) electrons. The Hall–Kier alpha value is -0.650. The predicted octanol–water partition coefficient (Wildman–Crippen LogP) is 0.934. The van der Waals surface area contributed by atoms with E-state index >= 15 is 0 Å². The summed E-state index contributed by atoms with van der Waals surface area (Å²) in [4.78, 5) is 11.6. The molecule has 0 heterocycles. The number of unbranched alkanes of at least 4 members (excludes halogenated alkanes) is 2. The van der Waals surface area contributed by atoms with E-state index in [9.17, 15) is 4.79 Å². The minimum absolute atomic E-state index is 0.0583. The Labute approximate surface area is 111 Å². The zero-order valence-corrected chi connectivity index (χ0v) is 12.0. The van der Waals surface area contributed by atoms with E-state index in [-0.39, 0.29) is 11.9 Å². The molecule has 0 saturated carbocycles. The highest BCUT2D eigenvalue weighted by molar-refractivity contribution is 5.81. The van der Waals surface area contributed by atoms with E-state index in [1.54, 1.807) is 14.2 Å². The maximum absolute atomic E-state index is 11.6. The highest BCUT2D eigenvalue weighted by Crippen LogP contribution is 1.94. The molecule has 108 valence electrons. The van der Waals surface area contributed by atoms with Gasteiger partial charge in [-0.2, -0.15) is 0 Å². The summed E-state index contributed by atoms with van der Waals surface area (Å²) >= 11 is 0. The molecular formula is C13H28N2O3. The molecule has 0 bridgehead atoms. The van der Waals surface area contributed by atoms with Gasteiger partial charge in [-0.3, -0.25) is 4.79 Å². The van der Waals surface area contributed by atoms with E-state index in [2.05, 4.69) is 10.6 Å². The van der Waals surface area contributed by atoms with E-state index in [1.807, 2.05) is 6.92 Å². The smallest absolute Gasteiger partial charge is 0.236 e. The monoisotopic (exact) mass is 260 g/mol. The lowest BCUT2D eigenvalue weighted by Crippen LogP contribution is -2.42. The Kier molecular flexibility index (Phi) is 12.3. The van der Waals surface area contributed by atoms with Crippen LogP contribution in [0.4, 0.5) is 0 Å². The van der Waals surface area contributed by atoms with Gasteiger partial charge in [-0.25, -0.2) is 0 Å². The molecule has 5 nitrogen and oxygen atoms in total. The van der Waals surface area contributed by atoms with Crippen LogP contribution in [0.3, 0.4) is 0 Å². The third-order valence-electron chi connectivity index (χ3n) is 2.69. The highest BCUT2D eigenvalue weighted by atomic mass is 16.5. The van der Waals surface area contributed by atoms with Gasteiger partial charge in [-0.1, -0.05) is 0 Å². The van der Waals surface area contributed by atoms with Crippen molar-refractivity contribution in [1.29, 1.82) is 0 Å². The summed E-state index contributed by atoms with van der Waals surface area (Å²) in [6.07, 6.45) is 4.13. The number of nitrogens with one attached hydrogen (secondary N) is 2. The van der Waals surface area contributed by atoms with Crippen molar-refractivity contribution in [3.8, 4) is 0 Å². The molecule has 0 aliphatic rings. The largest absolute Gasteiger partial charge is 0.385 e. The SMILES string of the molecule is COCCCCCNC(C)C(=O)NCCCOC. The van der Waals surface area contributed by atoms with Gasteiger partial charge in [0.2, 0.25) is 5.91 Å². The third-order valence-corrected chi connectivity index (χ3v) is 2.69. The van der Waals surface area contributed by atoms with Gasteiger partial charge in [0.1, 0.15) is 0 Å². The van der Waals surface area contributed by atoms with Crippen LogP contribution < -0.4 is 10.6 Å². The topological polar surface area (TPSA) is 59.6 Å². The number of carbonyl (C=O) groups is 1. The second-order valence-electron chi connectivity index (χ2n) is 4.37. The number of ether oxygens (including phenoxy) is 2. The van der Waals surface area contributed by atoms with Crippen LogP contribution in [-0.4, -0.2) is 52.5 Å². The summed E-state index contributed by atoms with van der Waals surface area (Å²) in [6, 6.07) is -0.130. The average molecular weight is 260 g/mol. The average Bonchev–Trinajstić information content (AvgIpc) is 2.38. The first-order chi connectivity index (χ1) is 8.72. The van der Waals surface area contributed by atoms with E-state index in [4.69, 9.17) is 9.47 Å². The van der Waals surface area contributed by atoms with Crippen molar-refractivity contribution in [2.75, 3.05) is 40.5 Å². The molecular weight excluding hydrogens is 232 g/mol. The molecule has 18 heavy (non-hydrogen) atoms. The molecule has 1 amide bonds. The van der Waals surface area contributed by atoms with Crippen molar-refractivity contribution < 1.29 is 14.3 Å². The van der Waals surface area contributed by atoms with Crippen molar-refractivity contribution in [3.63, 3.8) is 0 Å². The Bertz CT molecular complexity index is 201. The molecule has 5 heteroatoms. The second kappa shape index (κ2) is 12.8. The van der Waals surface area contributed by atoms with E-state index < -0.39 is 0 Å².